The van der Waals surface area contributed by atoms with Gasteiger partial charge < -0.3 is 10.5 Å². The molecule has 0 aliphatic carbocycles. The van der Waals surface area contributed by atoms with Gasteiger partial charge in [-0.1, -0.05) is 0 Å². The lowest BCUT2D eigenvalue weighted by Crippen LogP contribution is -2.21. The fourth-order valence-electron chi connectivity index (χ4n) is 1.47. The summed E-state index contributed by atoms with van der Waals surface area (Å²) in [7, 11) is 0. The Hall–Kier alpha value is -2.02. The van der Waals surface area contributed by atoms with Gasteiger partial charge in [0.15, 0.2) is 0 Å². The number of nitriles is 1. The van der Waals surface area contributed by atoms with E-state index in [1.165, 1.54) is 6.07 Å². The zero-order chi connectivity index (χ0) is 15.6. The first-order valence-electron chi connectivity index (χ1n) is 5.01. The normalized spacial score (nSPS) is 12.1. The topological polar surface area (TPSA) is 71.9 Å². The van der Waals surface area contributed by atoms with Crippen molar-refractivity contribution in [1.29, 1.82) is 5.26 Å². The van der Waals surface area contributed by atoms with Crippen LogP contribution in [0.25, 0.3) is 0 Å². The standard InChI is InChI=1S/C10H7F6N3O/c11-9(12,13)6-3-8(20-10(14,15)16)19-7(1-2-17)5(6)4-18/h3H,1,4,18H2. The van der Waals surface area contributed by atoms with Gasteiger partial charge in [-0.25, -0.2) is 4.98 Å². The first kappa shape index (κ1) is 16.0. The molecule has 0 radical (unpaired) electrons. The second-order valence-electron chi connectivity index (χ2n) is 3.52. The van der Waals surface area contributed by atoms with Gasteiger partial charge in [0.05, 0.1) is 23.7 Å². The summed E-state index contributed by atoms with van der Waals surface area (Å²) in [5.41, 5.74) is 2.71. The Kier molecular flexibility index (Phi) is 4.44. The number of halogens is 6. The quantitative estimate of drug-likeness (QED) is 0.870. The van der Waals surface area contributed by atoms with Gasteiger partial charge in [0.25, 0.3) is 0 Å². The predicted molar refractivity (Wildman–Crippen MR) is 53.1 cm³/mol. The van der Waals surface area contributed by atoms with Gasteiger partial charge in [-0.3, -0.25) is 0 Å². The number of alkyl halides is 6. The minimum absolute atomic E-state index is 0.108. The summed E-state index contributed by atoms with van der Waals surface area (Å²) in [4.78, 5) is 3.25. The maximum atomic E-state index is 12.8. The molecule has 0 saturated heterocycles. The van der Waals surface area contributed by atoms with Crippen LogP contribution in [0, 0.1) is 11.3 Å². The Labute approximate surface area is 108 Å². The van der Waals surface area contributed by atoms with E-state index >= 15 is 0 Å². The molecule has 10 heteroatoms. The molecule has 0 amide bonds. The van der Waals surface area contributed by atoms with E-state index in [1.54, 1.807) is 0 Å². The highest BCUT2D eigenvalue weighted by Gasteiger charge is 2.38. The summed E-state index contributed by atoms with van der Waals surface area (Å²) in [5.74, 6) is -1.28. The second-order valence-corrected chi connectivity index (χ2v) is 3.52. The number of pyridine rings is 1. The lowest BCUT2D eigenvalue weighted by molar-refractivity contribution is -0.276. The van der Waals surface area contributed by atoms with Crippen molar-refractivity contribution in [3.05, 3.63) is 22.9 Å². The van der Waals surface area contributed by atoms with E-state index in [4.69, 9.17) is 11.0 Å². The van der Waals surface area contributed by atoms with Gasteiger partial charge in [0.2, 0.25) is 5.88 Å². The number of hydrogen-bond acceptors (Lipinski definition) is 4. The summed E-state index contributed by atoms with van der Waals surface area (Å²) in [6.07, 6.45) is -10.7. The van der Waals surface area contributed by atoms with Crippen LogP contribution >= 0.6 is 0 Å². The van der Waals surface area contributed by atoms with Gasteiger partial charge in [-0.05, 0) is 0 Å². The molecule has 0 saturated carbocycles. The maximum absolute atomic E-state index is 12.8. The number of nitrogens with zero attached hydrogens (tertiary/aromatic N) is 2. The van der Waals surface area contributed by atoms with E-state index in [1.807, 2.05) is 0 Å². The van der Waals surface area contributed by atoms with Gasteiger partial charge in [0, 0.05) is 18.2 Å². The predicted octanol–water partition coefficient (Wildman–Crippen LogP) is 2.52. The summed E-state index contributed by atoms with van der Waals surface area (Å²) >= 11 is 0. The van der Waals surface area contributed by atoms with Crippen molar-refractivity contribution in [2.75, 3.05) is 0 Å². The summed E-state index contributed by atoms with van der Waals surface area (Å²) in [6.45, 7) is -0.620. The molecule has 0 fully saturated rings. The van der Waals surface area contributed by atoms with Gasteiger partial charge in [0.1, 0.15) is 0 Å². The van der Waals surface area contributed by atoms with E-state index in [0.717, 1.165) is 0 Å². The van der Waals surface area contributed by atoms with E-state index in [9.17, 15) is 26.3 Å². The van der Waals surface area contributed by atoms with Crippen LogP contribution < -0.4 is 10.5 Å². The highest BCUT2D eigenvalue weighted by Crippen LogP contribution is 2.36. The molecule has 2 N–H and O–H groups in total. The van der Waals surface area contributed by atoms with Crippen molar-refractivity contribution in [3.8, 4) is 11.9 Å². The Morgan fingerprint density at radius 2 is 1.85 bits per heavy atom. The van der Waals surface area contributed by atoms with E-state index in [-0.39, 0.29) is 6.07 Å². The summed E-state index contributed by atoms with van der Waals surface area (Å²) in [5, 5.41) is 8.48. The van der Waals surface area contributed by atoms with Crippen molar-refractivity contribution in [1.82, 2.24) is 4.98 Å². The number of rotatable bonds is 3. The fourth-order valence-corrected chi connectivity index (χ4v) is 1.47. The summed E-state index contributed by atoms with van der Waals surface area (Å²) < 4.78 is 77.8. The SMILES string of the molecule is N#CCc1nc(OC(F)(F)F)cc(C(F)(F)F)c1CN. The number of nitrogens with two attached hydrogens (primary N) is 1. The lowest BCUT2D eigenvalue weighted by atomic mass is 10.0. The van der Waals surface area contributed by atoms with Gasteiger partial charge in [-0.15, -0.1) is 13.2 Å². The third-order valence-corrected chi connectivity index (χ3v) is 2.16. The minimum atomic E-state index is -5.19. The molecule has 110 valence electrons. The highest BCUT2D eigenvalue weighted by atomic mass is 19.4. The average molecular weight is 299 g/mol. The smallest absolute Gasteiger partial charge is 0.388 e. The molecule has 0 atom stereocenters. The Balaban J connectivity index is 3.44. The molecule has 0 aliphatic heterocycles. The molecule has 1 aromatic heterocycles. The fraction of sp³-hybridized carbons (Fsp3) is 0.400. The van der Waals surface area contributed by atoms with Gasteiger partial charge in [-0.2, -0.15) is 18.4 Å². The third-order valence-electron chi connectivity index (χ3n) is 2.16. The molecular formula is C10H7F6N3O. The molecular weight excluding hydrogens is 292 g/mol. The zero-order valence-electron chi connectivity index (χ0n) is 9.64. The first-order valence-corrected chi connectivity index (χ1v) is 5.01. The Morgan fingerprint density at radius 3 is 2.25 bits per heavy atom. The third kappa shape index (κ3) is 3.99. The molecule has 0 aliphatic rings. The first-order chi connectivity index (χ1) is 9.08. The second kappa shape index (κ2) is 5.54. The molecule has 20 heavy (non-hydrogen) atoms. The van der Waals surface area contributed by atoms with Crippen LogP contribution in [0.4, 0.5) is 26.3 Å². The van der Waals surface area contributed by atoms with Crippen LogP contribution in [-0.4, -0.2) is 11.3 Å². The van der Waals surface area contributed by atoms with Crippen LogP contribution in [0.3, 0.4) is 0 Å². The number of hydrogen-bond donors (Lipinski definition) is 1. The number of aromatic nitrogens is 1. The largest absolute Gasteiger partial charge is 0.574 e. The number of ether oxygens (including phenoxy) is 1. The zero-order valence-corrected chi connectivity index (χ0v) is 9.64. The van der Waals surface area contributed by atoms with Gasteiger partial charge >= 0.3 is 12.5 Å². The van der Waals surface area contributed by atoms with E-state index < -0.39 is 48.2 Å². The molecule has 4 nitrogen and oxygen atoms in total. The summed E-state index contributed by atoms with van der Waals surface area (Å²) in [6, 6.07) is 1.61. The Bertz CT molecular complexity index is 532. The molecule has 0 aromatic carbocycles. The monoisotopic (exact) mass is 299 g/mol. The van der Waals surface area contributed by atoms with Crippen LogP contribution in [0.15, 0.2) is 6.07 Å². The van der Waals surface area contributed by atoms with Crippen LogP contribution in [0.5, 0.6) is 5.88 Å². The van der Waals surface area contributed by atoms with Crippen molar-refractivity contribution >= 4 is 0 Å². The van der Waals surface area contributed by atoms with E-state index in [0.29, 0.717) is 0 Å². The highest BCUT2D eigenvalue weighted by molar-refractivity contribution is 5.38. The van der Waals surface area contributed by atoms with Crippen molar-refractivity contribution in [2.45, 2.75) is 25.5 Å². The molecule has 0 unspecified atom stereocenters. The van der Waals surface area contributed by atoms with Crippen molar-refractivity contribution in [2.24, 2.45) is 5.73 Å². The molecule has 1 rings (SSSR count). The lowest BCUT2D eigenvalue weighted by Gasteiger charge is -2.16. The van der Waals surface area contributed by atoms with Crippen LogP contribution in [0.2, 0.25) is 0 Å². The van der Waals surface area contributed by atoms with Crippen molar-refractivity contribution < 1.29 is 31.1 Å². The maximum Gasteiger partial charge on any atom is 0.574 e. The van der Waals surface area contributed by atoms with Crippen LogP contribution in [-0.2, 0) is 19.1 Å². The molecule has 1 aromatic rings. The molecule has 0 bridgehead atoms. The molecule has 0 spiro atoms. The van der Waals surface area contributed by atoms with Crippen LogP contribution in [0.1, 0.15) is 16.8 Å². The minimum Gasteiger partial charge on any atom is -0.388 e. The Morgan fingerprint density at radius 1 is 1.25 bits per heavy atom. The molecule has 1 heterocycles. The van der Waals surface area contributed by atoms with E-state index in [2.05, 4.69) is 9.72 Å². The average Bonchev–Trinajstić information content (AvgIpc) is 2.25. The van der Waals surface area contributed by atoms with Crippen molar-refractivity contribution in [3.63, 3.8) is 0 Å².